The number of hydrogen-bond acceptors (Lipinski definition) is 4. The highest BCUT2D eigenvalue weighted by Gasteiger charge is 2.30. The van der Waals surface area contributed by atoms with Crippen molar-refractivity contribution in [3.8, 4) is 0 Å². The summed E-state index contributed by atoms with van der Waals surface area (Å²) in [4.78, 5) is 19.0. The van der Waals surface area contributed by atoms with Gasteiger partial charge >= 0.3 is 0 Å². The Bertz CT molecular complexity index is 783. The van der Waals surface area contributed by atoms with Gasteiger partial charge in [-0.1, -0.05) is 58.9 Å². The first kappa shape index (κ1) is 20.6. The molecule has 1 aliphatic rings. The first-order chi connectivity index (χ1) is 13.2. The Kier molecular flexibility index (Phi) is 6.23. The summed E-state index contributed by atoms with van der Waals surface area (Å²) in [6, 6.07) is 9.46. The van der Waals surface area contributed by atoms with Gasteiger partial charge in [-0.05, 0) is 35.3 Å². The summed E-state index contributed by atoms with van der Waals surface area (Å²) in [5, 5.41) is 2.88. The third-order valence-corrected chi connectivity index (χ3v) is 5.06. The Morgan fingerprint density at radius 2 is 1.89 bits per heavy atom. The van der Waals surface area contributed by atoms with Gasteiger partial charge in [0.05, 0.1) is 6.54 Å². The molecule has 0 radical (unpaired) electrons. The van der Waals surface area contributed by atoms with E-state index in [2.05, 4.69) is 74.1 Å². The number of oxazole rings is 1. The fourth-order valence-corrected chi connectivity index (χ4v) is 3.15. The standard InChI is InChI=1S/C23H33N3O2/c1-16(2)12-24-22(27)20-15-28-21(25-20)14-26(19-10-11-19)13-17-6-8-18(9-7-17)23(3,4)5/h6-9,15-16,19H,10-14H2,1-5H3,(H,24,27). The fraction of sp³-hybridized carbons (Fsp3) is 0.565. The minimum Gasteiger partial charge on any atom is -0.447 e. The zero-order chi connectivity index (χ0) is 20.3. The number of aromatic nitrogens is 1. The smallest absolute Gasteiger partial charge is 0.273 e. The van der Waals surface area contributed by atoms with Crippen molar-refractivity contribution in [2.24, 2.45) is 5.92 Å². The molecule has 152 valence electrons. The van der Waals surface area contributed by atoms with Crippen LogP contribution in [-0.2, 0) is 18.5 Å². The molecular formula is C23H33N3O2. The average molecular weight is 384 g/mol. The predicted molar refractivity (Wildman–Crippen MR) is 111 cm³/mol. The number of carbonyl (C=O) groups excluding carboxylic acids is 1. The van der Waals surface area contributed by atoms with Gasteiger partial charge in [0.1, 0.15) is 6.26 Å². The van der Waals surface area contributed by atoms with Crippen molar-refractivity contribution in [2.75, 3.05) is 6.54 Å². The van der Waals surface area contributed by atoms with E-state index in [4.69, 9.17) is 4.42 Å². The molecule has 1 aliphatic carbocycles. The molecule has 1 N–H and O–H groups in total. The van der Waals surface area contributed by atoms with Crippen molar-refractivity contribution in [1.82, 2.24) is 15.2 Å². The van der Waals surface area contributed by atoms with E-state index < -0.39 is 0 Å². The molecule has 0 unspecified atom stereocenters. The van der Waals surface area contributed by atoms with Crippen molar-refractivity contribution >= 4 is 5.91 Å². The molecule has 1 aromatic carbocycles. The summed E-state index contributed by atoms with van der Waals surface area (Å²) < 4.78 is 5.59. The maximum Gasteiger partial charge on any atom is 0.273 e. The van der Waals surface area contributed by atoms with Gasteiger partial charge in [-0.3, -0.25) is 9.69 Å². The Balaban J connectivity index is 1.62. The van der Waals surface area contributed by atoms with Crippen LogP contribution in [0.4, 0.5) is 0 Å². The third kappa shape index (κ3) is 5.68. The zero-order valence-corrected chi connectivity index (χ0v) is 17.8. The SMILES string of the molecule is CC(C)CNC(=O)c1coc(CN(Cc2ccc(C(C)(C)C)cc2)C2CC2)n1. The molecule has 1 aromatic heterocycles. The summed E-state index contributed by atoms with van der Waals surface area (Å²) in [6.45, 7) is 13.0. The molecule has 1 saturated carbocycles. The number of carbonyl (C=O) groups is 1. The molecule has 0 atom stereocenters. The third-order valence-electron chi connectivity index (χ3n) is 5.06. The van der Waals surface area contributed by atoms with Gasteiger partial charge in [0.25, 0.3) is 5.91 Å². The Hall–Kier alpha value is -2.14. The van der Waals surface area contributed by atoms with Crippen LogP contribution in [0, 0.1) is 5.92 Å². The lowest BCUT2D eigenvalue weighted by Crippen LogP contribution is -2.28. The van der Waals surface area contributed by atoms with Crippen LogP contribution in [0.15, 0.2) is 34.9 Å². The van der Waals surface area contributed by atoms with Crippen LogP contribution in [0.2, 0.25) is 0 Å². The average Bonchev–Trinajstić information content (AvgIpc) is 3.38. The van der Waals surface area contributed by atoms with Crippen LogP contribution >= 0.6 is 0 Å². The summed E-state index contributed by atoms with van der Waals surface area (Å²) in [5.74, 6) is 0.845. The predicted octanol–water partition coefficient (Wildman–Crippen LogP) is 4.52. The van der Waals surface area contributed by atoms with Gasteiger partial charge in [0.2, 0.25) is 5.89 Å². The minimum absolute atomic E-state index is 0.166. The van der Waals surface area contributed by atoms with Gasteiger partial charge < -0.3 is 9.73 Å². The molecule has 0 aliphatic heterocycles. The molecule has 0 spiro atoms. The molecule has 1 amide bonds. The normalized spacial score (nSPS) is 14.7. The summed E-state index contributed by atoms with van der Waals surface area (Å²) in [5.41, 5.74) is 3.17. The van der Waals surface area contributed by atoms with Gasteiger partial charge in [-0.15, -0.1) is 0 Å². The molecule has 5 nitrogen and oxygen atoms in total. The second kappa shape index (κ2) is 8.48. The fourth-order valence-electron chi connectivity index (χ4n) is 3.15. The van der Waals surface area contributed by atoms with Gasteiger partial charge in [-0.25, -0.2) is 4.98 Å². The van der Waals surface area contributed by atoms with Crippen LogP contribution in [0.3, 0.4) is 0 Å². The van der Waals surface area contributed by atoms with Crippen LogP contribution in [-0.4, -0.2) is 28.4 Å². The largest absolute Gasteiger partial charge is 0.447 e. The first-order valence-corrected chi connectivity index (χ1v) is 10.3. The lowest BCUT2D eigenvalue weighted by atomic mass is 9.87. The zero-order valence-electron chi connectivity index (χ0n) is 17.8. The summed E-state index contributed by atoms with van der Waals surface area (Å²) >= 11 is 0. The second-order valence-corrected chi connectivity index (χ2v) is 9.31. The highest BCUT2D eigenvalue weighted by molar-refractivity contribution is 5.91. The van der Waals surface area contributed by atoms with Crippen LogP contribution in [0.1, 0.15) is 75.0 Å². The molecule has 3 rings (SSSR count). The molecule has 1 heterocycles. The van der Waals surface area contributed by atoms with E-state index in [9.17, 15) is 4.79 Å². The number of nitrogens with one attached hydrogen (secondary N) is 1. The van der Waals surface area contributed by atoms with Gasteiger partial charge in [-0.2, -0.15) is 0 Å². The van der Waals surface area contributed by atoms with Crippen LogP contribution in [0.25, 0.3) is 0 Å². The monoisotopic (exact) mass is 383 g/mol. The number of amides is 1. The topological polar surface area (TPSA) is 58.4 Å². The summed E-state index contributed by atoms with van der Waals surface area (Å²) in [6.07, 6.45) is 3.89. The lowest BCUT2D eigenvalue weighted by Gasteiger charge is -2.22. The summed E-state index contributed by atoms with van der Waals surface area (Å²) in [7, 11) is 0. The van der Waals surface area contributed by atoms with Crippen LogP contribution in [0.5, 0.6) is 0 Å². The van der Waals surface area contributed by atoms with E-state index >= 15 is 0 Å². The van der Waals surface area contributed by atoms with E-state index in [0.717, 1.165) is 6.54 Å². The molecule has 0 bridgehead atoms. The molecule has 28 heavy (non-hydrogen) atoms. The second-order valence-electron chi connectivity index (χ2n) is 9.31. The van der Waals surface area contributed by atoms with Crippen molar-refractivity contribution in [3.63, 3.8) is 0 Å². The van der Waals surface area contributed by atoms with Gasteiger partial charge in [0, 0.05) is 19.1 Å². The Morgan fingerprint density at radius 1 is 1.21 bits per heavy atom. The molecule has 2 aromatic rings. The van der Waals surface area contributed by atoms with Crippen LogP contribution < -0.4 is 5.32 Å². The van der Waals surface area contributed by atoms with E-state index in [1.54, 1.807) is 0 Å². The van der Waals surface area contributed by atoms with E-state index in [1.165, 1.54) is 30.2 Å². The maximum atomic E-state index is 12.2. The Labute approximate surface area is 168 Å². The van der Waals surface area contributed by atoms with E-state index in [1.807, 2.05) is 0 Å². The lowest BCUT2D eigenvalue weighted by molar-refractivity contribution is 0.0944. The van der Waals surface area contributed by atoms with E-state index in [-0.39, 0.29) is 11.3 Å². The highest BCUT2D eigenvalue weighted by Crippen LogP contribution is 2.30. The maximum absolute atomic E-state index is 12.2. The van der Waals surface area contributed by atoms with E-state index in [0.29, 0.717) is 36.6 Å². The Morgan fingerprint density at radius 3 is 2.46 bits per heavy atom. The van der Waals surface area contributed by atoms with Crippen molar-refractivity contribution in [1.29, 1.82) is 0 Å². The number of rotatable bonds is 8. The van der Waals surface area contributed by atoms with Crippen molar-refractivity contribution < 1.29 is 9.21 Å². The molecule has 0 saturated heterocycles. The molecular weight excluding hydrogens is 350 g/mol. The molecule has 1 fully saturated rings. The number of benzene rings is 1. The van der Waals surface area contributed by atoms with Crippen molar-refractivity contribution in [3.05, 3.63) is 53.2 Å². The molecule has 5 heteroatoms. The first-order valence-electron chi connectivity index (χ1n) is 10.3. The number of hydrogen-bond donors (Lipinski definition) is 1. The van der Waals surface area contributed by atoms with Gasteiger partial charge in [0.15, 0.2) is 5.69 Å². The van der Waals surface area contributed by atoms with Crippen molar-refractivity contribution in [2.45, 2.75) is 72.0 Å². The quantitative estimate of drug-likeness (QED) is 0.728. The minimum atomic E-state index is -0.167. The highest BCUT2D eigenvalue weighted by atomic mass is 16.3. The number of nitrogens with zero attached hydrogens (tertiary/aromatic N) is 2.